The van der Waals surface area contributed by atoms with E-state index in [1.165, 1.54) is 11.2 Å². The van der Waals surface area contributed by atoms with Crippen LogP contribution in [-0.4, -0.2) is 49.6 Å². The number of carbonyl (C=O) groups is 1. The summed E-state index contributed by atoms with van der Waals surface area (Å²) in [5, 5.41) is 14.9. The fourth-order valence-corrected chi connectivity index (χ4v) is 3.89. The number of nitrogens with two attached hydrogens (primary N) is 1. The normalized spacial score (nSPS) is 18.8. The molecule has 0 radical (unpaired) electrons. The van der Waals surface area contributed by atoms with E-state index in [0.717, 1.165) is 22.4 Å². The first-order valence-electron chi connectivity index (χ1n) is 9.80. The Morgan fingerprint density at radius 2 is 1.90 bits per heavy atom. The summed E-state index contributed by atoms with van der Waals surface area (Å²) in [4.78, 5) is 26.8. The lowest BCUT2D eigenvalue weighted by atomic mass is 9.97. The molecule has 3 N–H and O–H groups in total. The number of aryl methyl sites for hydroxylation is 1. The van der Waals surface area contributed by atoms with E-state index in [9.17, 15) is 9.90 Å². The molecule has 4 heterocycles. The summed E-state index contributed by atoms with van der Waals surface area (Å²) >= 11 is 0. The highest BCUT2D eigenvalue weighted by Gasteiger charge is 2.48. The quantitative estimate of drug-likeness (QED) is 0.520. The van der Waals surface area contributed by atoms with Crippen molar-refractivity contribution in [1.29, 1.82) is 0 Å². The molecule has 3 aromatic heterocycles. The van der Waals surface area contributed by atoms with Crippen molar-refractivity contribution in [2.24, 2.45) is 0 Å². The Hall–Kier alpha value is -3.85. The number of hydrogen-bond donors (Lipinski definition) is 2. The lowest BCUT2D eigenvalue weighted by Gasteiger charge is -2.16. The summed E-state index contributed by atoms with van der Waals surface area (Å²) in [5.41, 5.74) is 9.40. The van der Waals surface area contributed by atoms with Crippen molar-refractivity contribution in [3.63, 3.8) is 0 Å². The van der Waals surface area contributed by atoms with Crippen molar-refractivity contribution >= 4 is 22.8 Å². The number of amides is 1. The zero-order valence-electron chi connectivity index (χ0n) is 17.0. The van der Waals surface area contributed by atoms with Gasteiger partial charge in [-0.1, -0.05) is 23.4 Å². The number of hydrogen-bond acceptors (Lipinski definition) is 8. The van der Waals surface area contributed by atoms with Gasteiger partial charge < -0.3 is 20.3 Å². The lowest BCUT2D eigenvalue weighted by Crippen LogP contribution is -2.35. The van der Waals surface area contributed by atoms with Crippen LogP contribution in [0.25, 0.3) is 33.5 Å². The second kappa shape index (κ2) is 6.85. The van der Waals surface area contributed by atoms with E-state index in [1.54, 1.807) is 13.1 Å². The standard InChI is InChI=1S/C22H20N6O3/c1-12-8-15(26-19-18(12)24-11-25-20(19)23)13-4-3-5-14(9-13)16-10-17(31-27-16)22(30)6-7-28(2)21(22)29/h3-5,8-11,30H,6-7H2,1-2H3,(H2,23,24,25)/t22-/m0/s1. The number of likely N-dealkylation sites (N-methyl/N-ethyl adjacent to an activating group) is 1. The van der Waals surface area contributed by atoms with E-state index in [1.807, 2.05) is 37.3 Å². The van der Waals surface area contributed by atoms with Gasteiger partial charge in [0.15, 0.2) is 11.6 Å². The molecule has 0 bridgehead atoms. The molecule has 0 unspecified atom stereocenters. The fraction of sp³-hybridized carbons (Fsp3) is 0.227. The van der Waals surface area contributed by atoms with Gasteiger partial charge in [0.2, 0.25) is 5.60 Å². The maximum atomic E-state index is 12.3. The van der Waals surface area contributed by atoms with Gasteiger partial charge in [-0.25, -0.2) is 15.0 Å². The molecule has 0 spiro atoms. The number of fused-ring (bicyclic) bond motifs is 1. The number of rotatable bonds is 3. The van der Waals surface area contributed by atoms with Gasteiger partial charge in [-0.3, -0.25) is 4.79 Å². The van der Waals surface area contributed by atoms with Gasteiger partial charge in [0, 0.05) is 37.2 Å². The molecule has 0 saturated carbocycles. The van der Waals surface area contributed by atoms with Crippen LogP contribution in [0.5, 0.6) is 0 Å². The minimum absolute atomic E-state index is 0.145. The zero-order valence-corrected chi connectivity index (χ0v) is 17.0. The molecule has 9 heteroatoms. The Morgan fingerprint density at radius 3 is 2.65 bits per heavy atom. The van der Waals surface area contributed by atoms with Gasteiger partial charge in [-0.2, -0.15) is 0 Å². The largest absolute Gasteiger partial charge is 0.382 e. The molecule has 1 aliphatic heterocycles. The lowest BCUT2D eigenvalue weighted by molar-refractivity contribution is -0.144. The average molecular weight is 416 g/mol. The highest BCUT2D eigenvalue weighted by molar-refractivity contribution is 5.89. The molecule has 1 aliphatic rings. The summed E-state index contributed by atoms with van der Waals surface area (Å²) < 4.78 is 5.37. The Morgan fingerprint density at radius 1 is 1.13 bits per heavy atom. The van der Waals surface area contributed by atoms with Gasteiger partial charge in [0.05, 0.1) is 11.2 Å². The highest BCUT2D eigenvalue weighted by Crippen LogP contribution is 2.35. The molecule has 1 fully saturated rings. The molecule has 1 atom stereocenters. The predicted molar refractivity (Wildman–Crippen MR) is 114 cm³/mol. The van der Waals surface area contributed by atoms with Crippen molar-refractivity contribution in [3.05, 3.63) is 54.0 Å². The first-order valence-corrected chi connectivity index (χ1v) is 9.80. The van der Waals surface area contributed by atoms with Crippen molar-refractivity contribution in [1.82, 2.24) is 25.0 Å². The molecule has 4 aromatic rings. The van der Waals surface area contributed by atoms with Gasteiger partial charge in [0.1, 0.15) is 17.5 Å². The molecule has 1 amide bonds. The number of likely N-dealkylation sites (tertiary alicyclic amines) is 1. The molecular weight excluding hydrogens is 396 g/mol. The second-order valence-electron chi connectivity index (χ2n) is 7.77. The van der Waals surface area contributed by atoms with Crippen molar-refractivity contribution < 1.29 is 14.4 Å². The number of nitrogens with zero attached hydrogens (tertiary/aromatic N) is 5. The van der Waals surface area contributed by atoms with Gasteiger partial charge in [-0.05, 0) is 24.6 Å². The second-order valence-corrected chi connectivity index (χ2v) is 7.77. The summed E-state index contributed by atoms with van der Waals surface area (Å²) in [7, 11) is 1.65. The monoisotopic (exact) mass is 416 g/mol. The molecule has 0 aliphatic carbocycles. The van der Waals surface area contributed by atoms with Crippen LogP contribution >= 0.6 is 0 Å². The van der Waals surface area contributed by atoms with E-state index < -0.39 is 5.60 Å². The SMILES string of the molecule is Cc1cc(-c2cccc(-c3cc([C@@]4(O)CCN(C)C4=O)on3)c2)nc2c(N)ncnc12. The maximum Gasteiger partial charge on any atom is 0.262 e. The zero-order chi connectivity index (χ0) is 21.8. The van der Waals surface area contributed by atoms with Crippen LogP contribution in [0.4, 0.5) is 5.82 Å². The van der Waals surface area contributed by atoms with Crippen LogP contribution in [0.2, 0.25) is 0 Å². The Balaban J connectivity index is 1.54. The van der Waals surface area contributed by atoms with Crippen LogP contribution < -0.4 is 5.73 Å². The van der Waals surface area contributed by atoms with Crippen LogP contribution in [0, 0.1) is 6.92 Å². The first kappa shape index (κ1) is 19.1. The highest BCUT2D eigenvalue weighted by atomic mass is 16.5. The van der Waals surface area contributed by atoms with E-state index in [-0.39, 0.29) is 18.1 Å². The Kier molecular flexibility index (Phi) is 4.23. The molecule has 1 aromatic carbocycles. The number of pyridine rings is 1. The van der Waals surface area contributed by atoms with Crippen molar-refractivity contribution in [3.8, 4) is 22.5 Å². The van der Waals surface area contributed by atoms with Crippen LogP contribution in [0.15, 0.2) is 47.2 Å². The topological polar surface area (TPSA) is 131 Å². The van der Waals surface area contributed by atoms with Crippen LogP contribution in [-0.2, 0) is 10.4 Å². The Labute approximate surface area is 177 Å². The number of aliphatic hydroxyl groups is 1. The number of nitrogen functional groups attached to an aromatic ring is 1. The number of benzene rings is 1. The van der Waals surface area contributed by atoms with E-state index >= 15 is 0 Å². The molecule has 1 saturated heterocycles. The third-order valence-electron chi connectivity index (χ3n) is 5.69. The molecule has 156 valence electrons. The molecule has 31 heavy (non-hydrogen) atoms. The molecule has 9 nitrogen and oxygen atoms in total. The minimum Gasteiger partial charge on any atom is -0.382 e. The number of carbonyl (C=O) groups excluding carboxylic acids is 1. The number of anilines is 1. The van der Waals surface area contributed by atoms with Crippen LogP contribution in [0.3, 0.4) is 0 Å². The summed E-state index contributed by atoms with van der Waals surface area (Å²) in [6.07, 6.45) is 1.69. The smallest absolute Gasteiger partial charge is 0.262 e. The molecular formula is C22H20N6O3. The van der Waals surface area contributed by atoms with E-state index in [0.29, 0.717) is 29.1 Å². The van der Waals surface area contributed by atoms with E-state index in [4.69, 9.17) is 10.3 Å². The summed E-state index contributed by atoms with van der Waals surface area (Å²) in [6.45, 7) is 2.41. The van der Waals surface area contributed by atoms with E-state index in [2.05, 4.69) is 20.1 Å². The summed E-state index contributed by atoms with van der Waals surface area (Å²) in [6, 6.07) is 11.2. The van der Waals surface area contributed by atoms with Gasteiger partial charge >= 0.3 is 0 Å². The third-order valence-corrected chi connectivity index (χ3v) is 5.69. The van der Waals surface area contributed by atoms with Gasteiger partial charge in [-0.15, -0.1) is 0 Å². The maximum absolute atomic E-state index is 12.3. The number of aromatic nitrogens is 4. The van der Waals surface area contributed by atoms with Crippen molar-refractivity contribution in [2.45, 2.75) is 18.9 Å². The minimum atomic E-state index is -1.67. The third kappa shape index (κ3) is 3.01. The van der Waals surface area contributed by atoms with Crippen LogP contribution in [0.1, 0.15) is 17.7 Å². The first-order chi connectivity index (χ1) is 14.9. The average Bonchev–Trinajstić information content (AvgIpc) is 3.37. The van der Waals surface area contributed by atoms with Crippen molar-refractivity contribution in [2.75, 3.05) is 19.3 Å². The fourth-order valence-electron chi connectivity index (χ4n) is 3.89. The molecule has 5 rings (SSSR count). The summed E-state index contributed by atoms with van der Waals surface area (Å²) in [5.74, 6) is 0.0816. The predicted octanol–water partition coefficient (Wildman–Crippen LogP) is 2.29. The Bertz CT molecular complexity index is 1330. The van der Waals surface area contributed by atoms with Gasteiger partial charge in [0.25, 0.3) is 5.91 Å².